The highest BCUT2D eigenvalue weighted by Crippen LogP contribution is 2.40. The number of aryl methyl sites for hydroxylation is 1. The van der Waals surface area contributed by atoms with Gasteiger partial charge in [-0.2, -0.15) is 0 Å². The lowest BCUT2D eigenvalue weighted by Crippen LogP contribution is -2.59. The van der Waals surface area contributed by atoms with E-state index in [1.54, 1.807) is 27.5 Å². The SMILES string of the molecule is COc1cc(-c2cn(C)c(=O)c3cc(C(=O)NC4CCN(C(=O)O)CC4(F)F)sc23)cc(OC)c1CN(C)C. The molecule has 13 heteroatoms. The largest absolute Gasteiger partial charge is 0.496 e. The number of hydrogen-bond donors (Lipinski definition) is 2. The van der Waals surface area contributed by atoms with Crippen LogP contribution in [0.4, 0.5) is 13.6 Å². The van der Waals surface area contributed by atoms with Gasteiger partial charge in [0.05, 0.1) is 42.6 Å². The number of carbonyl (C=O) groups excluding carboxylic acids is 1. The second kappa shape index (κ2) is 10.8. The van der Waals surface area contributed by atoms with Gasteiger partial charge in [-0.25, -0.2) is 13.6 Å². The van der Waals surface area contributed by atoms with Crippen LogP contribution >= 0.6 is 11.3 Å². The van der Waals surface area contributed by atoms with Gasteiger partial charge in [0.25, 0.3) is 17.4 Å². The Morgan fingerprint density at radius 2 is 1.85 bits per heavy atom. The van der Waals surface area contributed by atoms with Gasteiger partial charge in [0.1, 0.15) is 11.5 Å². The van der Waals surface area contributed by atoms with Crippen molar-refractivity contribution in [1.29, 1.82) is 0 Å². The van der Waals surface area contributed by atoms with Crippen LogP contribution in [-0.4, -0.2) is 84.8 Å². The zero-order valence-electron chi connectivity index (χ0n) is 22.2. The van der Waals surface area contributed by atoms with E-state index in [1.165, 1.54) is 10.6 Å². The summed E-state index contributed by atoms with van der Waals surface area (Å²) in [5, 5.41) is 11.7. The summed E-state index contributed by atoms with van der Waals surface area (Å²) in [5.41, 5.74) is 1.83. The number of ether oxygens (including phenoxy) is 2. The van der Waals surface area contributed by atoms with Crippen LogP contribution < -0.4 is 20.3 Å². The van der Waals surface area contributed by atoms with E-state index in [4.69, 9.17) is 14.6 Å². The second-order valence-corrected chi connectivity index (χ2v) is 10.7. The van der Waals surface area contributed by atoms with Gasteiger partial charge < -0.3 is 34.3 Å². The molecule has 210 valence electrons. The molecule has 1 saturated heterocycles. The first-order chi connectivity index (χ1) is 18.4. The van der Waals surface area contributed by atoms with Crippen LogP contribution in [0.1, 0.15) is 21.7 Å². The van der Waals surface area contributed by atoms with E-state index in [9.17, 15) is 23.2 Å². The maximum Gasteiger partial charge on any atom is 0.407 e. The molecule has 1 aromatic carbocycles. The Balaban J connectivity index is 1.74. The zero-order valence-corrected chi connectivity index (χ0v) is 23.0. The normalized spacial score (nSPS) is 16.9. The number of rotatable bonds is 7. The summed E-state index contributed by atoms with van der Waals surface area (Å²) in [6.07, 6.45) is -0.0179. The quantitative estimate of drug-likeness (QED) is 0.452. The van der Waals surface area contributed by atoms with E-state index in [0.717, 1.165) is 16.9 Å². The van der Waals surface area contributed by atoms with Gasteiger partial charge in [0.2, 0.25) is 0 Å². The first-order valence-corrected chi connectivity index (χ1v) is 12.9. The van der Waals surface area contributed by atoms with Crippen molar-refractivity contribution in [1.82, 2.24) is 19.7 Å². The summed E-state index contributed by atoms with van der Waals surface area (Å²) >= 11 is 1.02. The number of alkyl halides is 2. The van der Waals surface area contributed by atoms with Crippen LogP contribution in [0, 0.1) is 0 Å². The van der Waals surface area contributed by atoms with Gasteiger partial charge in [-0.15, -0.1) is 11.3 Å². The molecule has 1 fully saturated rings. The minimum absolute atomic E-state index is 0.0918. The van der Waals surface area contributed by atoms with Crippen LogP contribution in [0.2, 0.25) is 0 Å². The Morgan fingerprint density at radius 1 is 1.21 bits per heavy atom. The van der Waals surface area contributed by atoms with Crippen molar-refractivity contribution in [3.05, 3.63) is 45.2 Å². The molecule has 0 bridgehead atoms. The molecule has 10 nitrogen and oxygen atoms in total. The minimum Gasteiger partial charge on any atom is -0.496 e. The third-order valence-corrected chi connectivity index (χ3v) is 7.81. The molecular weight excluding hydrogens is 534 g/mol. The van der Waals surface area contributed by atoms with Gasteiger partial charge in [-0.05, 0) is 44.3 Å². The van der Waals surface area contributed by atoms with Gasteiger partial charge in [-0.3, -0.25) is 9.59 Å². The molecule has 2 amide bonds. The number of pyridine rings is 1. The summed E-state index contributed by atoms with van der Waals surface area (Å²) in [5.74, 6) is -3.02. The predicted molar refractivity (Wildman–Crippen MR) is 143 cm³/mol. The maximum absolute atomic E-state index is 14.6. The number of carbonyl (C=O) groups is 2. The average molecular weight is 565 g/mol. The van der Waals surface area contributed by atoms with E-state index >= 15 is 0 Å². The molecule has 4 rings (SSSR count). The summed E-state index contributed by atoms with van der Waals surface area (Å²) < 4.78 is 42.4. The fourth-order valence-electron chi connectivity index (χ4n) is 4.69. The molecule has 0 spiro atoms. The number of benzene rings is 1. The Labute approximate surface area is 227 Å². The van der Waals surface area contributed by atoms with Crippen molar-refractivity contribution in [2.45, 2.75) is 24.9 Å². The molecule has 39 heavy (non-hydrogen) atoms. The molecule has 2 N–H and O–H groups in total. The Hall–Kier alpha value is -3.71. The minimum atomic E-state index is -3.44. The first-order valence-electron chi connectivity index (χ1n) is 12.1. The number of likely N-dealkylation sites (tertiary alicyclic amines) is 1. The van der Waals surface area contributed by atoms with Crippen LogP contribution in [-0.2, 0) is 13.6 Å². The van der Waals surface area contributed by atoms with Crippen LogP contribution in [0.3, 0.4) is 0 Å². The topological polar surface area (TPSA) is 113 Å². The summed E-state index contributed by atoms with van der Waals surface area (Å²) in [6, 6.07) is 3.53. The zero-order chi connectivity index (χ0) is 28.6. The fraction of sp³-hybridized carbons (Fsp3) is 0.423. The van der Waals surface area contributed by atoms with E-state index in [2.05, 4.69) is 5.32 Å². The van der Waals surface area contributed by atoms with Crippen molar-refractivity contribution in [2.75, 3.05) is 41.4 Å². The lowest BCUT2D eigenvalue weighted by molar-refractivity contribution is -0.0809. The molecule has 1 atom stereocenters. The highest BCUT2D eigenvalue weighted by Gasteiger charge is 2.46. The molecule has 3 heterocycles. The number of amides is 2. The Morgan fingerprint density at radius 3 is 2.38 bits per heavy atom. The number of aromatic nitrogens is 1. The van der Waals surface area contributed by atoms with Crippen molar-refractivity contribution in [3.63, 3.8) is 0 Å². The van der Waals surface area contributed by atoms with E-state index < -0.39 is 30.5 Å². The molecule has 0 radical (unpaired) electrons. The number of fused-ring (bicyclic) bond motifs is 1. The lowest BCUT2D eigenvalue weighted by Gasteiger charge is -2.37. The maximum atomic E-state index is 14.6. The van der Waals surface area contributed by atoms with Gasteiger partial charge in [-0.1, -0.05) is 0 Å². The first kappa shape index (κ1) is 28.3. The van der Waals surface area contributed by atoms with Gasteiger partial charge >= 0.3 is 6.09 Å². The number of nitrogens with one attached hydrogen (secondary N) is 1. The summed E-state index contributed by atoms with van der Waals surface area (Å²) in [7, 11) is 8.55. The smallest absolute Gasteiger partial charge is 0.407 e. The molecular formula is C26H30F2N4O6S. The van der Waals surface area contributed by atoms with Gasteiger partial charge in [0, 0.05) is 36.6 Å². The number of methoxy groups -OCH3 is 2. The molecule has 0 aliphatic carbocycles. The van der Waals surface area contributed by atoms with Crippen molar-refractivity contribution >= 4 is 33.4 Å². The number of nitrogens with zero attached hydrogens (tertiary/aromatic N) is 3. The van der Waals surface area contributed by atoms with E-state index in [0.29, 0.717) is 38.8 Å². The molecule has 0 saturated carbocycles. The Bertz CT molecular complexity index is 1460. The molecule has 1 aliphatic heterocycles. The number of hydrogen-bond acceptors (Lipinski definition) is 7. The Kier molecular flexibility index (Phi) is 7.84. The van der Waals surface area contributed by atoms with Crippen LogP contribution in [0.5, 0.6) is 11.5 Å². The number of piperidine rings is 1. The second-order valence-electron chi connectivity index (χ2n) is 9.69. The number of carboxylic acid groups (broad SMARTS) is 1. The number of halogens is 2. The highest BCUT2D eigenvalue weighted by molar-refractivity contribution is 7.21. The monoisotopic (exact) mass is 564 g/mol. The molecule has 3 aromatic rings. The van der Waals surface area contributed by atoms with E-state index in [-0.39, 0.29) is 28.8 Å². The summed E-state index contributed by atoms with van der Waals surface area (Å²) in [4.78, 5) is 39.8. The van der Waals surface area contributed by atoms with Crippen molar-refractivity contribution in [3.8, 4) is 22.6 Å². The van der Waals surface area contributed by atoms with E-state index in [1.807, 2.05) is 31.1 Å². The number of thiophene rings is 1. The van der Waals surface area contributed by atoms with Gasteiger partial charge in [0.15, 0.2) is 0 Å². The standard InChI is InChI=1S/C26H30F2N4O6S/c1-30(2)11-17-18(37-4)8-14(9-19(17)38-5)16-12-31(3)24(34)15-10-20(39-22(15)16)23(33)29-21-6-7-32(25(35)36)13-26(21,27)28/h8-10,12,21H,6-7,11,13H2,1-5H3,(H,29,33)(H,35,36). The van der Waals surface area contributed by atoms with Crippen LogP contribution in [0.15, 0.2) is 29.2 Å². The fourth-order valence-corrected chi connectivity index (χ4v) is 5.78. The lowest BCUT2D eigenvalue weighted by atomic mass is 10.0. The van der Waals surface area contributed by atoms with Crippen LogP contribution in [0.25, 0.3) is 21.2 Å². The average Bonchev–Trinajstić information content (AvgIpc) is 3.33. The van der Waals surface area contributed by atoms with Crippen molar-refractivity contribution in [2.24, 2.45) is 7.05 Å². The summed E-state index contributed by atoms with van der Waals surface area (Å²) in [6.45, 7) is -0.563. The molecule has 1 unspecified atom stereocenters. The molecule has 2 aromatic heterocycles. The third kappa shape index (κ3) is 5.55. The molecule has 1 aliphatic rings. The van der Waals surface area contributed by atoms with Crippen molar-refractivity contribution < 1.29 is 33.0 Å². The third-order valence-electron chi connectivity index (χ3n) is 6.64. The predicted octanol–water partition coefficient (Wildman–Crippen LogP) is 3.46. The highest BCUT2D eigenvalue weighted by atomic mass is 32.1.